The molecule has 3 aromatic rings. The van der Waals surface area contributed by atoms with Gasteiger partial charge in [-0.15, -0.1) is 0 Å². The number of thiazole rings is 1. The molecule has 0 radical (unpaired) electrons. The molecule has 0 atom stereocenters. The first-order valence-corrected chi connectivity index (χ1v) is 8.10. The molecule has 1 amide bonds. The van der Waals surface area contributed by atoms with Gasteiger partial charge in [0.15, 0.2) is 10.9 Å². The first-order chi connectivity index (χ1) is 12.1. The molecule has 0 aliphatic carbocycles. The molecule has 3 rings (SSSR count). The molecule has 9 nitrogen and oxygen atoms in total. The maximum Gasteiger partial charge on any atom is 0.350 e. The fourth-order valence-electron chi connectivity index (χ4n) is 2.00. The van der Waals surface area contributed by atoms with Crippen molar-refractivity contribution in [3.63, 3.8) is 0 Å². The summed E-state index contributed by atoms with van der Waals surface area (Å²) in [6.07, 6.45) is 1.91. The monoisotopic (exact) mass is 362 g/mol. The third kappa shape index (κ3) is 3.91. The Labute approximate surface area is 146 Å². The third-order valence-electron chi connectivity index (χ3n) is 3.19. The lowest BCUT2D eigenvalue weighted by Crippen LogP contribution is -2.12. The van der Waals surface area contributed by atoms with E-state index in [2.05, 4.69) is 25.2 Å². The number of hydrogen-bond acceptors (Lipinski definition) is 9. The van der Waals surface area contributed by atoms with E-state index in [9.17, 15) is 9.59 Å². The predicted octanol–water partition coefficient (Wildman–Crippen LogP) is 2.45. The molecule has 0 aliphatic rings. The highest BCUT2D eigenvalue weighted by Gasteiger charge is 2.17. The summed E-state index contributed by atoms with van der Waals surface area (Å²) in [6.45, 7) is 1.67. The van der Waals surface area contributed by atoms with Crippen LogP contribution >= 0.6 is 11.3 Å². The Morgan fingerprint density at radius 2 is 2.20 bits per heavy atom. The molecule has 130 valence electrons. The quantitative estimate of drug-likeness (QED) is 0.664. The van der Waals surface area contributed by atoms with Crippen molar-refractivity contribution in [2.75, 3.05) is 12.4 Å². The van der Waals surface area contributed by atoms with Gasteiger partial charge in [0, 0.05) is 12.8 Å². The fourth-order valence-corrected chi connectivity index (χ4v) is 2.90. The Hall–Kier alpha value is -3.01. The summed E-state index contributed by atoms with van der Waals surface area (Å²) in [5.41, 5.74) is 0.507. The zero-order valence-corrected chi connectivity index (χ0v) is 14.3. The number of esters is 1. The van der Waals surface area contributed by atoms with Crippen molar-refractivity contribution in [2.24, 2.45) is 0 Å². The summed E-state index contributed by atoms with van der Waals surface area (Å²) in [6, 6.07) is 3.43. The molecule has 0 saturated heterocycles. The van der Waals surface area contributed by atoms with Crippen LogP contribution in [0.5, 0.6) is 0 Å². The number of rotatable bonds is 6. The molecule has 10 heteroatoms. The van der Waals surface area contributed by atoms with Crippen LogP contribution in [0.15, 0.2) is 27.3 Å². The lowest BCUT2D eigenvalue weighted by Gasteiger charge is -1.98. The van der Waals surface area contributed by atoms with Gasteiger partial charge >= 0.3 is 5.97 Å². The van der Waals surface area contributed by atoms with E-state index >= 15 is 0 Å². The maximum absolute atomic E-state index is 12.0. The number of aryl methyl sites for hydroxylation is 2. The summed E-state index contributed by atoms with van der Waals surface area (Å²) in [5, 5.41) is 6.77. The molecular weight excluding hydrogens is 348 g/mol. The second kappa shape index (κ2) is 7.26. The highest BCUT2D eigenvalue weighted by atomic mass is 32.1. The Bertz CT molecular complexity index is 884. The van der Waals surface area contributed by atoms with Crippen LogP contribution in [0.4, 0.5) is 5.13 Å². The second-order valence-electron chi connectivity index (χ2n) is 4.96. The summed E-state index contributed by atoms with van der Waals surface area (Å²) >= 11 is 1.06. The van der Waals surface area contributed by atoms with E-state index in [1.54, 1.807) is 19.1 Å². The number of methoxy groups -OCH3 is 1. The number of amides is 1. The highest BCUT2D eigenvalue weighted by molar-refractivity contribution is 7.17. The zero-order chi connectivity index (χ0) is 17.8. The molecule has 3 aromatic heterocycles. The number of nitrogens with zero attached hydrogens (tertiary/aromatic N) is 3. The van der Waals surface area contributed by atoms with Crippen LogP contribution in [-0.4, -0.2) is 34.1 Å². The normalized spacial score (nSPS) is 10.6. The van der Waals surface area contributed by atoms with E-state index in [-0.39, 0.29) is 18.7 Å². The fraction of sp³-hybridized carbons (Fsp3) is 0.267. The topological polar surface area (TPSA) is 120 Å². The largest absolute Gasteiger partial charge is 0.465 e. The smallest absolute Gasteiger partial charge is 0.350 e. The van der Waals surface area contributed by atoms with Gasteiger partial charge in [-0.05, 0) is 19.1 Å². The molecule has 0 aromatic carbocycles. The lowest BCUT2D eigenvalue weighted by atomic mass is 10.3. The number of hydrogen-bond donors (Lipinski definition) is 1. The molecule has 0 aliphatic heterocycles. The zero-order valence-electron chi connectivity index (χ0n) is 13.4. The van der Waals surface area contributed by atoms with E-state index in [4.69, 9.17) is 8.94 Å². The first-order valence-electron chi connectivity index (χ1n) is 7.29. The Morgan fingerprint density at radius 3 is 2.92 bits per heavy atom. The van der Waals surface area contributed by atoms with Crippen molar-refractivity contribution in [1.29, 1.82) is 0 Å². The SMILES string of the molecule is COC(=O)c1sc(NC(=O)CCc2nc(-c3ccco3)no2)nc1C. The minimum absolute atomic E-state index is 0.131. The first kappa shape index (κ1) is 16.8. The van der Waals surface area contributed by atoms with Gasteiger partial charge in [-0.1, -0.05) is 16.5 Å². The van der Waals surface area contributed by atoms with Crippen molar-refractivity contribution < 1.29 is 23.3 Å². The van der Waals surface area contributed by atoms with Gasteiger partial charge in [-0.3, -0.25) is 4.79 Å². The predicted molar refractivity (Wildman–Crippen MR) is 87.1 cm³/mol. The third-order valence-corrected chi connectivity index (χ3v) is 4.24. The van der Waals surface area contributed by atoms with Crippen molar-refractivity contribution in [3.05, 3.63) is 34.9 Å². The molecule has 25 heavy (non-hydrogen) atoms. The van der Waals surface area contributed by atoms with Gasteiger partial charge in [0.05, 0.1) is 19.1 Å². The van der Waals surface area contributed by atoms with Crippen molar-refractivity contribution in [3.8, 4) is 11.6 Å². The van der Waals surface area contributed by atoms with Crippen LogP contribution in [0.1, 0.15) is 27.7 Å². The number of carbonyl (C=O) groups excluding carboxylic acids is 2. The average molecular weight is 362 g/mol. The van der Waals surface area contributed by atoms with Gasteiger partial charge in [-0.25, -0.2) is 9.78 Å². The molecule has 1 N–H and O–H groups in total. The molecule has 0 spiro atoms. The summed E-state index contributed by atoms with van der Waals surface area (Å²) in [5.74, 6) is 0.397. The van der Waals surface area contributed by atoms with Crippen LogP contribution in [0.25, 0.3) is 11.6 Å². The number of nitrogens with one attached hydrogen (secondary N) is 1. The molecular formula is C15H14N4O5S. The summed E-state index contributed by atoms with van der Waals surface area (Å²) in [7, 11) is 1.29. The van der Waals surface area contributed by atoms with Gasteiger partial charge in [0.25, 0.3) is 0 Å². The van der Waals surface area contributed by atoms with Gasteiger partial charge in [0.1, 0.15) is 4.88 Å². The molecule has 0 fully saturated rings. The average Bonchev–Trinajstić information content (AvgIpc) is 3.32. The van der Waals surface area contributed by atoms with Gasteiger partial charge in [0.2, 0.25) is 17.6 Å². The number of carbonyl (C=O) groups is 2. The summed E-state index contributed by atoms with van der Waals surface area (Å²) < 4.78 is 14.9. The molecule has 0 bridgehead atoms. The van der Waals surface area contributed by atoms with Crippen LogP contribution in [0, 0.1) is 6.92 Å². The van der Waals surface area contributed by atoms with E-state index in [1.807, 2.05) is 0 Å². The van der Waals surface area contributed by atoms with Gasteiger partial charge < -0.3 is 19.0 Å². The van der Waals surface area contributed by atoms with Gasteiger partial charge in [-0.2, -0.15) is 4.98 Å². The Morgan fingerprint density at radius 1 is 1.36 bits per heavy atom. The van der Waals surface area contributed by atoms with Crippen LogP contribution in [-0.2, 0) is 16.0 Å². The van der Waals surface area contributed by atoms with E-state index < -0.39 is 5.97 Å². The van der Waals surface area contributed by atoms with Crippen molar-refractivity contribution in [1.82, 2.24) is 15.1 Å². The van der Waals surface area contributed by atoms with Crippen LogP contribution in [0.2, 0.25) is 0 Å². The highest BCUT2D eigenvalue weighted by Crippen LogP contribution is 2.23. The molecule has 0 unspecified atom stereocenters. The van der Waals surface area contributed by atoms with E-state index in [0.717, 1.165) is 11.3 Å². The Kier molecular flexibility index (Phi) is 4.89. The van der Waals surface area contributed by atoms with E-state index in [1.165, 1.54) is 13.4 Å². The molecule has 3 heterocycles. The number of aromatic nitrogens is 3. The van der Waals surface area contributed by atoms with Crippen molar-refractivity contribution >= 4 is 28.3 Å². The number of ether oxygens (including phenoxy) is 1. The standard InChI is InChI=1S/C15H14N4O5S/c1-8-12(14(21)22-2)25-15(16-8)17-10(20)5-6-11-18-13(19-24-11)9-4-3-7-23-9/h3-4,7H,5-6H2,1-2H3,(H,16,17,20). The minimum atomic E-state index is -0.480. The second-order valence-corrected chi connectivity index (χ2v) is 5.96. The van der Waals surface area contributed by atoms with Crippen LogP contribution in [0.3, 0.4) is 0 Å². The molecule has 0 saturated carbocycles. The minimum Gasteiger partial charge on any atom is -0.465 e. The number of furan rings is 1. The number of anilines is 1. The lowest BCUT2D eigenvalue weighted by molar-refractivity contribution is -0.116. The van der Waals surface area contributed by atoms with E-state index in [0.29, 0.717) is 33.2 Å². The van der Waals surface area contributed by atoms with Crippen LogP contribution < -0.4 is 5.32 Å². The Balaban J connectivity index is 1.56. The maximum atomic E-state index is 12.0. The van der Waals surface area contributed by atoms with Crippen molar-refractivity contribution in [2.45, 2.75) is 19.8 Å². The summed E-state index contributed by atoms with van der Waals surface area (Å²) in [4.78, 5) is 32.2.